The second kappa shape index (κ2) is 4.70. The van der Waals surface area contributed by atoms with Crippen LogP contribution in [0.25, 0.3) is 21.9 Å². The lowest BCUT2D eigenvalue weighted by molar-refractivity contribution is 0.436. The van der Waals surface area contributed by atoms with Gasteiger partial charge in [0.2, 0.25) is 11.8 Å². The molecule has 2 heterocycles. The van der Waals surface area contributed by atoms with Gasteiger partial charge in [-0.15, -0.1) is 10.2 Å². The molecule has 0 unspecified atom stereocenters. The number of aryl methyl sites for hydroxylation is 1. The molecule has 4 rings (SSSR count). The number of nitrogens with one attached hydrogen (secondary N) is 1. The third-order valence-corrected chi connectivity index (χ3v) is 3.67. The van der Waals surface area contributed by atoms with Crippen LogP contribution >= 0.6 is 0 Å². The van der Waals surface area contributed by atoms with Gasteiger partial charge in [0.05, 0.1) is 16.6 Å². The van der Waals surface area contributed by atoms with Crippen molar-refractivity contribution in [3.05, 3.63) is 48.5 Å². The second-order valence-electron chi connectivity index (χ2n) is 5.03. The number of hydrogen-bond acceptors (Lipinski definition) is 4. The molecule has 0 aliphatic carbocycles. The fourth-order valence-corrected chi connectivity index (χ4v) is 2.54. The smallest absolute Gasteiger partial charge is 0.247 e. The quantitative estimate of drug-likeness (QED) is 0.543. The minimum absolute atomic E-state index is 0.0843. The van der Waals surface area contributed by atoms with E-state index in [1.165, 1.54) is 0 Å². The predicted octanol–water partition coefficient (Wildman–Crippen LogP) is 4.18. The number of azo groups is 1. The number of rotatable bonds is 2. The summed E-state index contributed by atoms with van der Waals surface area (Å²) in [5.74, 6) is 0.495. The van der Waals surface area contributed by atoms with E-state index in [1.807, 2.05) is 48.5 Å². The topological polar surface area (TPSA) is 78.6 Å². The lowest BCUT2D eigenvalue weighted by Gasteiger charge is -1.94. The maximum atomic E-state index is 10.2. The first-order valence-corrected chi connectivity index (χ1v) is 6.87. The van der Waals surface area contributed by atoms with Gasteiger partial charge >= 0.3 is 0 Å². The average molecular weight is 291 g/mol. The van der Waals surface area contributed by atoms with Crippen molar-refractivity contribution in [2.75, 3.05) is 0 Å². The second-order valence-corrected chi connectivity index (χ2v) is 5.03. The molecule has 2 N–H and O–H groups in total. The molecule has 0 atom stereocenters. The first kappa shape index (κ1) is 12.6. The van der Waals surface area contributed by atoms with Crippen molar-refractivity contribution in [2.24, 2.45) is 17.3 Å². The summed E-state index contributed by atoms with van der Waals surface area (Å²) in [7, 11) is 1.79. The lowest BCUT2D eigenvalue weighted by atomic mass is 10.2. The zero-order valence-electron chi connectivity index (χ0n) is 11.9. The van der Waals surface area contributed by atoms with Crippen LogP contribution in [0.4, 0.5) is 11.6 Å². The molecule has 0 fully saturated rings. The van der Waals surface area contributed by atoms with Gasteiger partial charge in [-0.2, -0.15) is 0 Å². The number of benzene rings is 2. The summed E-state index contributed by atoms with van der Waals surface area (Å²) in [5.41, 5.74) is 3.08. The Morgan fingerprint density at radius 2 is 1.82 bits per heavy atom. The molecule has 0 spiro atoms. The molecule has 0 radical (unpaired) electrons. The highest BCUT2D eigenvalue weighted by molar-refractivity contribution is 5.94. The summed E-state index contributed by atoms with van der Waals surface area (Å²) in [6, 6.07) is 15.3. The lowest BCUT2D eigenvalue weighted by Crippen LogP contribution is -1.84. The summed E-state index contributed by atoms with van der Waals surface area (Å²) < 4.78 is 1.68. The molecule has 0 aliphatic rings. The summed E-state index contributed by atoms with van der Waals surface area (Å²) in [6.07, 6.45) is 0. The molecule has 2 aromatic carbocycles. The number of para-hydroxylation sites is 3. The number of aromatic nitrogens is 3. The van der Waals surface area contributed by atoms with Gasteiger partial charge in [-0.3, -0.25) is 0 Å². The Hall–Kier alpha value is -3.15. The molecule has 4 aromatic rings. The fraction of sp³-hybridized carbons (Fsp3) is 0.0625. The number of aromatic amines is 1. The molecule has 0 amide bonds. The molecule has 0 aliphatic heterocycles. The maximum absolute atomic E-state index is 10.2. The van der Waals surface area contributed by atoms with Crippen molar-refractivity contribution in [1.29, 1.82) is 0 Å². The van der Waals surface area contributed by atoms with E-state index in [-0.39, 0.29) is 5.88 Å². The van der Waals surface area contributed by atoms with Crippen LogP contribution in [0.5, 0.6) is 5.88 Å². The molecule has 0 bridgehead atoms. The largest absolute Gasteiger partial charge is 0.493 e. The highest BCUT2D eigenvalue weighted by atomic mass is 16.3. The Labute approximate surface area is 125 Å². The Morgan fingerprint density at radius 1 is 1.05 bits per heavy atom. The average Bonchev–Trinajstić information content (AvgIpc) is 3.06. The summed E-state index contributed by atoms with van der Waals surface area (Å²) >= 11 is 0. The van der Waals surface area contributed by atoms with E-state index in [1.54, 1.807) is 11.6 Å². The van der Waals surface area contributed by atoms with Crippen LogP contribution in [-0.4, -0.2) is 19.6 Å². The fourth-order valence-electron chi connectivity index (χ4n) is 2.54. The summed E-state index contributed by atoms with van der Waals surface area (Å²) in [6.45, 7) is 0. The molecule has 22 heavy (non-hydrogen) atoms. The minimum atomic E-state index is 0.0843. The third kappa shape index (κ3) is 1.85. The number of hydrogen-bond donors (Lipinski definition) is 2. The number of H-pyrrole nitrogens is 1. The zero-order chi connectivity index (χ0) is 15.1. The van der Waals surface area contributed by atoms with Gasteiger partial charge in [0.1, 0.15) is 0 Å². The highest BCUT2D eigenvalue weighted by Gasteiger charge is 2.13. The van der Waals surface area contributed by atoms with Gasteiger partial charge in [0, 0.05) is 12.4 Å². The van der Waals surface area contributed by atoms with Crippen LogP contribution in [0, 0.1) is 0 Å². The highest BCUT2D eigenvalue weighted by Crippen LogP contribution is 2.38. The van der Waals surface area contributed by atoms with Gasteiger partial charge in [0.15, 0.2) is 5.69 Å². The standard InChI is InChI=1S/C16H13N5O/c1-21-13-9-5-2-6-10(13)14(15(21)22)19-20-16-17-11-7-3-4-8-12(11)18-16/h2-9,22H,1H3,(H,17,18). The molecule has 0 saturated carbocycles. The van der Waals surface area contributed by atoms with Crippen molar-refractivity contribution in [1.82, 2.24) is 14.5 Å². The van der Waals surface area contributed by atoms with Crippen LogP contribution in [0.1, 0.15) is 0 Å². The van der Waals surface area contributed by atoms with Crippen molar-refractivity contribution in [3.8, 4) is 5.88 Å². The Balaban J connectivity index is 1.81. The first-order chi connectivity index (χ1) is 10.7. The summed E-state index contributed by atoms with van der Waals surface area (Å²) in [4.78, 5) is 7.42. The Kier molecular flexibility index (Phi) is 2.69. The first-order valence-electron chi connectivity index (χ1n) is 6.87. The Bertz CT molecular complexity index is 979. The van der Waals surface area contributed by atoms with Crippen LogP contribution in [0.3, 0.4) is 0 Å². The summed E-state index contributed by atoms with van der Waals surface area (Å²) in [5, 5.41) is 19.4. The number of aromatic hydroxyl groups is 1. The zero-order valence-corrected chi connectivity index (χ0v) is 11.9. The monoisotopic (exact) mass is 291 g/mol. The predicted molar refractivity (Wildman–Crippen MR) is 84.9 cm³/mol. The molecule has 108 valence electrons. The van der Waals surface area contributed by atoms with Crippen molar-refractivity contribution >= 4 is 33.6 Å². The third-order valence-electron chi connectivity index (χ3n) is 3.67. The molecule has 0 saturated heterocycles. The van der Waals surface area contributed by atoms with Crippen molar-refractivity contribution < 1.29 is 5.11 Å². The van der Waals surface area contributed by atoms with E-state index in [9.17, 15) is 5.11 Å². The van der Waals surface area contributed by atoms with Crippen molar-refractivity contribution in [2.45, 2.75) is 0 Å². The van der Waals surface area contributed by atoms with Gasteiger partial charge in [0.25, 0.3) is 0 Å². The van der Waals surface area contributed by atoms with E-state index < -0.39 is 0 Å². The van der Waals surface area contributed by atoms with Gasteiger partial charge < -0.3 is 14.7 Å². The van der Waals surface area contributed by atoms with Crippen LogP contribution in [0.15, 0.2) is 58.8 Å². The van der Waals surface area contributed by atoms with Crippen LogP contribution in [-0.2, 0) is 7.05 Å². The van der Waals surface area contributed by atoms with E-state index >= 15 is 0 Å². The number of nitrogens with zero attached hydrogens (tertiary/aromatic N) is 4. The SMILES string of the molecule is Cn1c(O)c(N=Nc2nc3ccccc3[nH]2)c2ccccc21. The number of imidazole rings is 1. The van der Waals surface area contributed by atoms with E-state index in [2.05, 4.69) is 20.2 Å². The number of fused-ring (bicyclic) bond motifs is 2. The van der Waals surface area contributed by atoms with Gasteiger partial charge in [-0.05, 0) is 18.2 Å². The normalized spacial score (nSPS) is 11.9. The van der Waals surface area contributed by atoms with Gasteiger partial charge in [-0.1, -0.05) is 30.3 Å². The van der Waals surface area contributed by atoms with Crippen LogP contribution < -0.4 is 0 Å². The van der Waals surface area contributed by atoms with Gasteiger partial charge in [-0.25, -0.2) is 4.98 Å². The molecule has 6 nitrogen and oxygen atoms in total. The molecular formula is C16H13N5O. The minimum Gasteiger partial charge on any atom is -0.493 e. The van der Waals surface area contributed by atoms with E-state index in [4.69, 9.17) is 0 Å². The van der Waals surface area contributed by atoms with Crippen molar-refractivity contribution in [3.63, 3.8) is 0 Å². The maximum Gasteiger partial charge on any atom is 0.247 e. The Morgan fingerprint density at radius 3 is 2.68 bits per heavy atom. The van der Waals surface area contributed by atoms with E-state index in [0.29, 0.717) is 11.6 Å². The molecule has 6 heteroatoms. The van der Waals surface area contributed by atoms with E-state index in [0.717, 1.165) is 21.9 Å². The van der Waals surface area contributed by atoms with Crippen LogP contribution in [0.2, 0.25) is 0 Å². The molecule has 2 aromatic heterocycles. The molecular weight excluding hydrogens is 278 g/mol.